The molecule has 0 saturated heterocycles. The van der Waals surface area contributed by atoms with Gasteiger partial charge in [0.05, 0.1) is 31.3 Å². The number of rotatable bonds is 5. The number of carbonyl (C=O) groups excluding carboxylic acids is 1. The number of hydrogen-bond donors (Lipinski definition) is 1. The monoisotopic (exact) mass is 289 g/mol. The summed E-state index contributed by atoms with van der Waals surface area (Å²) < 4.78 is 15.1. The molecule has 0 saturated carbocycles. The van der Waals surface area contributed by atoms with Crippen LogP contribution >= 0.6 is 0 Å². The zero-order valence-corrected chi connectivity index (χ0v) is 10.8. The Balaban J connectivity index is 1.48. The summed E-state index contributed by atoms with van der Waals surface area (Å²) >= 11 is 0. The van der Waals surface area contributed by atoms with Crippen LogP contribution in [0.15, 0.2) is 45.8 Å². The highest BCUT2D eigenvalue weighted by atomic mass is 16.6. The smallest absolute Gasteiger partial charge is 0.414 e. The quantitative estimate of drug-likeness (QED) is 0.754. The van der Waals surface area contributed by atoms with Crippen LogP contribution in [0.25, 0.3) is 11.5 Å². The molecular weight excluding hydrogens is 278 g/mol. The van der Waals surface area contributed by atoms with E-state index in [4.69, 9.17) is 13.7 Å². The molecule has 0 fully saturated rings. The van der Waals surface area contributed by atoms with Crippen molar-refractivity contribution in [2.24, 2.45) is 0 Å². The van der Waals surface area contributed by atoms with Crippen LogP contribution in [0.1, 0.15) is 0 Å². The molecule has 3 heterocycles. The van der Waals surface area contributed by atoms with Crippen molar-refractivity contribution in [2.75, 3.05) is 6.54 Å². The van der Waals surface area contributed by atoms with Crippen LogP contribution in [-0.4, -0.2) is 32.8 Å². The maximum Gasteiger partial charge on any atom is 0.414 e. The van der Waals surface area contributed by atoms with Gasteiger partial charge in [0.1, 0.15) is 0 Å². The predicted octanol–water partition coefficient (Wildman–Crippen LogP) is 1.31. The zero-order chi connectivity index (χ0) is 14.5. The molecule has 0 unspecified atom stereocenters. The van der Waals surface area contributed by atoms with Crippen molar-refractivity contribution in [1.29, 1.82) is 0 Å². The molecule has 3 aromatic heterocycles. The van der Waals surface area contributed by atoms with E-state index in [0.29, 0.717) is 24.6 Å². The van der Waals surface area contributed by atoms with Crippen molar-refractivity contribution in [3.8, 4) is 17.4 Å². The Morgan fingerprint density at radius 2 is 2.19 bits per heavy atom. The summed E-state index contributed by atoms with van der Waals surface area (Å²) in [6.45, 7) is 0.773. The van der Waals surface area contributed by atoms with Crippen LogP contribution in [0.5, 0.6) is 5.88 Å². The number of nitrogens with zero attached hydrogens (tertiary/aromatic N) is 4. The molecule has 0 aromatic carbocycles. The van der Waals surface area contributed by atoms with E-state index in [1.54, 1.807) is 24.5 Å². The average molecular weight is 289 g/mol. The summed E-state index contributed by atoms with van der Waals surface area (Å²) in [6, 6.07) is 4.89. The second kappa shape index (κ2) is 5.90. The predicted molar refractivity (Wildman–Crippen MR) is 68.3 cm³/mol. The van der Waals surface area contributed by atoms with Crippen LogP contribution in [0, 0.1) is 0 Å². The average Bonchev–Trinajstić information content (AvgIpc) is 3.21. The Kier molecular flexibility index (Phi) is 3.63. The van der Waals surface area contributed by atoms with Gasteiger partial charge in [-0.25, -0.2) is 4.79 Å². The fraction of sp³-hybridized carbons (Fsp3) is 0.167. The number of aromatic nitrogens is 4. The van der Waals surface area contributed by atoms with Crippen molar-refractivity contribution in [3.63, 3.8) is 0 Å². The molecule has 1 N–H and O–H groups in total. The molecule has 9 nitrogen and oxygen atoms in total. The van der Waals surface area contributed by atoms with Crippen LogP contribution < -0.4 is 10.1 Å². The third-order valence-corrected chi connectivity index (χ3v) is 2.50. The number of carbonyl (C=O) groups is 1. The number of ether oxygens (including phenoxy) is 1. The lowest BCUT2D eigenvalue weighted by molar-refractivity contribution is 0.195. The number of amides is 1. The minimum absolute atomic E-state index is 0.0520. The lowest BCUT2D eigenvalue weighted by Crippen LogP contribution is -2.30. The zero-order valence-electron chi connectivity index (χ0n) is 10.8. The number of nitrogens with one attached hydrogen (secondary N) is 1. The molecular formula is C12H11N5O4. The highest BCUT2D eigenvalue weighted by molar-refractivity contribution is 5.70. The maximum atomic E-state index is 11.5. The standard InChI is InChI=1S/C12H11N5O4/c18-12(13-5-6-17-14-3-4-15-17)20-11-8-10(21-16-11)9-2-1-7-19-9/h1-4,7-8H,5-6H2,(H,13,18). The minimum atomic E-state index is -0.638. The van der Waals surface area contributed by atoms with Gasteiger partial charge in [0.2, 0.25) is 5.76 Å². The Morgan fingerprint density at radius 1 is 1.33 bits per heavy atom. The van der Waals surface area contributed by atoms with E-state index in [9.17, 15) is 4.79 Å². The van der Waals surface area contributed by atoms with Crippen LogP contribution in [0.2, 0.25) is 0 Å². The van der Waals surface area contributed by atoms with Crippen molar-refractivity contribution in [2.45, 2.75) is 6.54 Å². The molecule has 0 radical (unpaired) electrons. The van der Waals surface area contributed by atoms with Gasteiger partial charge in [-0.1, -0.05) is 0 Å². The Bertz CT molecular complexity index is 689. The van der Waals surface area contributed by atoms with Gasteiger partial charge in [-0.05, 0) is 17.3 Å². The minimum Gasteiger partial charge on any atom is -0.461 e. The first-order valence-corrected chi connectivity index (χ1v) is 6.11. The normalized spacial score (nSPS) is 10.5. The van der Waals surface area contributed by atoms with Crippen LogP contribution in [0.4, 0.5) is 4.79 Å². The Labute approximate surface area is 118 Å². The summed E-state index contributed by atoms with van der Waals surface area (Å²) in [5.41, 5.74) is 0. The molecule has 0 aliphatic carbocycles. The lowest BCUT2D eigenvalue weighted by atomic mass is 10.3. The molecule has 0 aliphatic rings. The summed E-state index contributed by atoms with van der Waals surface area (Å²) in [4.78, 5) is 13.0. The first-order chi connectivity index (χ1) is 10.3. The molecule has 3 aromatic rings. The van der Waals surface area contributed by atoms with Gasteiger partial charge in [-0.3, -0.25) is 0 Å². The van der Waals surface area contributed by atoms with Crippen molar-refractivity contribution in [1.82, 2.24) is 25.5 Å². The maximum absolute atomic E-state index is 11.5. The summed E-state index contributed by atoms with van der Waals surface area (Å²) in [5.74, 6) is 0.933. The molecule has 0 aliphatic heterocycles. The van der Waals surface area contributed by atoms with Crippen LogP contribution in [0.3, 0.4) is 0 Å². The topological polar surface area (TPSA) is 108 Å². The Hall–Kier alpha value is -3.10. The second-order valence-corrected chi connectivity index (χ2v) is 3.95. The summed E-state index contributed by atoms with van der Waals surface area (Å²) in [7, 11) is 0. The highest BCUT2D eigenvalue weighted by Gasteiger charge is 2.12. The van der Waals surface area contributed by atoms with Crippen molar-refractivity contribution in [3.05, 3.63) is 36.9 Å². The largest absolute Gasteiger partial charge is 0.461 e. The molecule has 0 atom stereocenters. The van der Waals surface area contributed by atoms with E-state index in [0.717, 1.165) is 0 Å². The number of hydrogen-bond acceptors (Lipinski definition) is 7. The van der Waals surface area contributed by atoms with E-state index in [1.807, 2.05) is 0 Å². The highest BCUT2D eigenvalue weighted by Crippen LogP contribution is 2.23. The van der Waals surface area contributed by atoms with Crippen molar-refractivity contribution < 1.29 is 18.5 Å². The third kappa shape index (κ3) is 3.26. The molecule has 0 bridgehead atoms. The fourth-order valence-corrected chi connectivity index (χ4v) is 1.59. The number of furan rings is 1. The molecule has 108 valence electrons. The molecule has 0 spiro atoms. The van der Waals surface area contributed by atoms with E-state index >= 15 is 0 Å². The van der Waals surface area contributed by atoms with E-state index in [2.05, 4.69) is 20.7 Å². The van der Waals surface area contributed by atoms with Gasteiger partial charge in [0.15, 0.2) is 5.76 Å². The first kappa shape index (κ1) is 12.9. The molecule has 1 amide bonds. The van der Waals surface area contributed by atoms with E-state index < -0.39 is 6.09 Å². The summed E-state index contributed by atoms with van der Waals surface area (Å²) in [6.07, 6.45) is 3.99. The third-order valence-electron chi connectivity index (χ3n) is 2.50. The molecule has 21 heavy (non-hydrogen) atoms. The van der Waals surface area contributed by atoms with Gasteiger partial charge < -0.3 is 19.0 Å². The lowest BCUT2D eigenvalue weighted by Gasteiger charge is -2.03. The van der Waals surface area contributed by atoms with E-state index in [-0.39, 0.29) is 5.88 Å². The van der Waals surface area contributed by atoms with Gasteiger partial charge in [-0.2, -0.15) is 15.0 Å². The van der Waals surface area contributed by atoms with Gasteiger partial charge in [0.25, 0.3) is 5.88 Å². The molecule has 3 rings (SSSR count). The van der Waals surface area contributed by atoms with Gasteiger partial charge >= 0.3 is 6.09 Å². The second-order valence-electron chi connectivity index (χ2n) is 3.95. The van der Waals surface area contributed by atoms with Crippen molar-refractivity contribution >= 4 is 6.09 Å². The Morgan fingerprint density at radius 3 is 2.95 bits per heavy atom. The molecule has 9 heteroatoms. The summed E-state index contributed by atoms with van der Waals surface area (Å²) in [5, 5.41) is 14.0. The van der Waals surface area contributed by atoms with E-state index in [1.165, 1.54) is 17.1 Å². The van der Waals surface area contributed by atoms with Crippen LogP contribution in [-0.2, 0) is 6.54 Å². The fourth-order valence-electron chi connectivity index (χ4n) is 1.59. The van der Waals surface area contributed by atoms with Gasteiger partial charge in [0, 0.05) is 6.54 Å². The first-order valence-electron chi connectivity index (χ1n) is 6.11. The SMILES string of the molecule is O=C(NCCn1nccn1)Oc1cc(-c2ccco2)on1. The van der Waals surface area contributed by atoms with Gasteiger partial charge in [-0.15, -0.1) is 0 Å².